The maximum atomic E-state index is 5.28. The first kappa shape index (κ1) is 15.1. The number of aryl methyl sites for hydroxylation is 1. The quantitative estimate of drug-likeness (QED) is 0.878. The second-order valence-electron chi connectivity index (χ2n) is 4.59. The van der Waals surface area contributed by atoms with Crippen LogP contribution in [0.3, 0.4) is 0 Å². The van der Waals surface area contributed by atoms with Crippen molar-refractivity contribution >= 4 is 15.9 Å². The first-order valence-electron chi connectivity index (χ1n) is 6.73. The molecule has 1 aromatic carbocycles. The summed E-state index contributed by atoms with van der Waals surface area (Å²) in [6.45, 7) is 3.08. The molecule has 1 heterocycles. The van der Waals surface area contributed by atoms with E-state index < -0.39 is 0 Å². The summed E-state index contributed by atoms with van der Waals surface area (Å²) < 4.78 is 8.29. The lowest BCUT2D eigenvalue weighted by atomic mass is 10.0. The van der Waals surface area contributed by atoms with Crippen LogP contribution in [0.4, 0.5) is 0 Å². The van der Waals surface area contributed by atoms with Crippen molar-refractivity contribution in [3.05, 3.63) is 46.2 Å². The molecule has 1 aromatic heterocycles. The molecule has 20 heavy (non-hydrogen) atoms. The number of hydrogen-bond acceptors (Lipinski definition) is 3. The molecule has 1 N–H and O–H groups in total. The van der Waals surface area contributed by atoms with Gasteiger partial charge in [0.1, 0.15) is 5.75 Å². The molecule has 108 valence electrons. The fraction of sp³-hybridized carbons (Fsp3) is 0.400. The van der Waals surface area contributed by atoms with E-state index in [1.807, 2.05) is 19.3 Å². The molecule has 0 bridgehead atoms. The van der Waals surface area contributed by atoms with Crippen LogP contribution in [0, 0.1) is 0 Å². The first-order chi connectivity index (χ1) is 9.71. The van der Waals surface area contributed by atoms with Crippen molar-refractivity contribution in [2.45, 2.75) is 25.9 Å². The molecule has 0 saturated carbocycles. The van der Waals surface area contributed by atoms with Crippen molar-refractivity contribution in [2.24, 2.45) is 0 Å². The van der Waals surface area contributed by atoms with Gasteiger partial charge in [0.25, 0.3) is 0 Å². The van der Waals surface area contributed by atoms with E-state index in [9.17, 15) is 0 Å². The summed E-state index contributed by atoms with van der Waals surface area (Å²) in [5.41, 5.74) is 2.35. The topological polar surface area (TPSA) is 39.1 Å². The predicted molar refractivity (Wildman–Crippen MR) is 84.1 cm³/mol. The standard InChI is InChI=1S/C15H20BrN3O/c1-4-9-19-13(7-8-18-19)15(17-2)11-5-6-14(20-3)12(16)10-11/h5-8,10,15,17H,4,9H2,1-3H3. The average Bonchev–Trinajstić information content (AvgIpc) is 2.89. The first-order valence-corrected chi connectivity index (χ1v) is 7.53. The van der Waals surface area contributed by atoms with Crippen LogP contribution in [0.25, 0.3) is 0 Å². The molecule has 4 nitrogen and oxygen atoms in total. The van der Waals surface area contributed by atoms with Crippen LogP contribution >= 0.6 is 15.9 Å². The van der Waals surface area contributed by atoms with E-state index in [0.29, 0.717) is 0 Å². The van der Waals surface area contributed by atoms with Gasteiger partial charge >= 0.3 is 0 Å². The third kappa shape index (κ3) is 3.04. The number of rotatable bonds is 6. The highest BCUT2D eigenvalue weighted by Gasteiger charge is 2.17. The van der Waals surface area contributed by atoms with Crippen LogP contribution in [0.5, 0.6) is 5.75 Å². The van der Waals surface area contributed by atoms with Gasteiger partial charge in [-0.1, -0.05) is 13.0 Å². The second kappa shape index (κ2) is 6.90. The van der Waals surface area contributed by atoms with Crippen molar-refractivity contribution in [3.8, 4) is 5.75 Å². The van der Waals surface area contributed by atoms with Crippen LogP contribution in [0.1, 0.15) is 30.6 Å². The smallest absolute Gasteiger partial charge is 0.133 e. The van der Waals surface area contributed by atoms with Gasteiger partial charge in [0.2, 0.25) is 0 Å². The number of hydrogen-bond donors (Lipinski definition) is 1. The van der Waals surface area contributed by atoms with Gasteiger partial charge in [0.15, 0.2) is 0 Å². The summed E-state index contributed by atoms with van der Waals surface area (Å²) in [4.78, 5) is 0. The van der Waals surface area contributed by atoms with E-state index in [0.717, 1.165) is 23.2 Å². The number of benzene rings is 1. The molecule has 0 amide bonds. The molecule has 2 aromatic rings. The lowest BCUT2D eigenvalue weighted by Gasteiger charge is -2.19. The Labute approximate surface area is 128 Å². The van der Waals surface area contributed by atoms with E-state index >= 15 is 0 Å². The fourth-order valence-electron chi connectivity index (χ4n) is 2.33. The van der Waals surface area contributed by atoms with Gasteiger partial charge in [-0.25, -0.2) is 0 Å². The highest BCUT2D eigenvalue weighted by atomic mass is 79.9. The number of nitrogens with zero attached hydrogens (tertiary/aromatic N) is 2. The normalized spacial score (nSPS) is 12.4. The Kier molecular flexibility index (Phi) is 5.20. The maximum Gasteiger partial charge on any atom is 0.133 e. The largest absolute Gasteiger partial charge is 0.496 e. The molecule has 0 aliphatic carbocycles. The monoisotopic (exact) mass is 337 g/mol. The number of aromatic nitrogens is 2. The fourth-order valence-corrected chi connectivity index (χ4v) is 2.89. The zero-order chi connectivity index (χ0) is 14.5. The molecule has 0 aliphatic heterocycles. The van der Waals surface area contributed by atoms with Crippen LogP contribution in [0.2, 0.25) is 0 Å². The third-order valence-corrected chi connectivity index (χ3v) is 3.90. The third-order valence-electron chi connectivity index (χ3n) is 3.28. The van der Waals surface area contributed by atoms with E-state index in [2.05, 4.69) is 56.2 Å². The maximum absolute atomic E-state index is 5.28. The SMILES string of the molecule is CCCn1nccc1C(NC)c1ccc(OC)c(Br)c1. The van der Waals surface area contributed by atoms with Gasteiger partial charge in [-0.15, -0.1) is 0 Å². The van der Waals surface area contributed by atoms with E-state index in [4.69, 9.17) is 4.74 Å². The molecule has 2 rings (SSSR count). The number of ether oxygens (including phenoxy) is 1. The Morgan fingerprint density at radius 1 is 1.40 bits per heavy atom. The molecule has 5 heteroatoms. The van der Waals surface area contributed by atoms with Crippen molar-refractivity contribution in [1.29, 1.82) is 0 Å². The molecule has 1 atom stereocenters. The zero-order valence-corrected chi connectivity index (χ0v) is 13.6. The van der Waals surface area contributed by atoms with E-state index in [1.165, 1.54) is 11.3 Å². The van der Waals surface area contributed by atoms with Crippen LogP contribution < -0.4 is 10.1 Å². The lowest BCUT2D eigenvalue weighted by molar-refractivity contribution is 0.411. The van der Waals surface area contributed by atoms with Crippen molar-refractivity contribution in [1.82, 2.24) is 15.1 Å². The molecule has 0 aliphatic rings. The summed E-state index contributed by atoms with van der Waals surface area (Å²) in [5.74, 6) is 0.839. The molecule has 0 spiro atoms. The minimum absolute atomic E-state index is 0.117. The molecule has 1 unspecified atom stereocenters. The van der Waals surface area contributed by atoms with Gasteiger partial charge in [0, 0.05) is 12.7 Å². The number of methoxy groups -OCH3 is 1. The number of nitrogens with one attached hydrogen (secondary N) is 1. The van der Waals surface area contributed by atoms with Gasteiger partial charge < -0.3 is 10.1 Å². The van der Waals surface area contributed by atoms with Crippen LogP contribution in [0.15, 0.2) is 34.9 Å². The van der Waals surface area contributed by atoms with Crippen molar-refractivity contribution in [3.63, 3.8) is 0 Å². The summed E-state index contributed by atoms with van der Waals surface area (Å²) in [6, 6.07) is 8.32. The highest BCUT2D eigenvalue weighted by molar-refractivity contribution is 9.10. The van der Waals surface area contributed by atoms with Crippen LogP contribution in [-0.4, -0.2) is 23.9 Å². The molecule has 0 fully saturated rings. The Bertz CT molecular complexity index is 568. The summed E-state index contributed by atoms with van der Waals surface area (Å²) in [6.07, 6.45) is 2.92. The minimum Gasteiger partial charge on any atom is -0.496 e. The minimum atomic E-state index is 0.117. The van der Waals surface area contributed by atoms with Crippen LogP contribution in [-0.2, 0) is 6.54 Å². The zero-order valence-electron chi connectivity index (χ0n) is 12.1. The molecule has 0 radical (unpaired) electrons. The molecular formula is C15H20BrN3O. The Hall–Kier alpha value is -1.33. The van der Waals surface area contributed by atoms with Gasteiger partial charge in [0.05, 0.1) is 23.3 Å². The van der Waals surface area contributed by atoms with Crippen molar-refractivity contribution < 1.29 is 4.74 Å². The Balaban J connectivity index is 2.36. The van der Waals surface area contributed by atoms with Gasteiger partial charge in [-0.3, -0.25) is 4.68 Å². The predicted octanol–water partition coefficient (Wildman–Crippen LogP) is 3.37. The van der Waals surface area contributed by atoms with E-state index in [1.54, 1.807) is 7.11 Å². The van der Waals surface area contributed by atoms with Gasteiger partial charge in [-0.2, -0.15) is 5.10 Å². The molecular weight excluding hydrogens is 318 g/mol. The average molecular weight is 338 g/mol. The Morgan fingerprint density at radius 2 is 2.20 bits per heavy atom. The highest BCUT2D eigenvalue weighted by Crippen LogP contribution is 2.30. The summed E-state index contributed by atoms with van der Waals surface area (Å²) in [7, 11) is 3.64. The Morgan fingerprint density at radius 3 is 2.80 bits per heavy atom. The van der Waals surface area contributed by atoms with E-state index in [-0.39, 0.29) is 6.04 Å². The number of halogens is 1. The summed E-state index contributed by atoms with van der Waals surface area (Å²) in [5, 5.41) is 7.76. The molecule has 0 saturated heterocycles. The summed E-state index contributed by atoms with van der Waals surface area (Å²) >= 11 is 3.54. The lowest BCUT2D eigenvalue weighted by Crippen LogP contribution is -2.21. The van der Waals surface area contributed by atoms with Crippen molar-refractivity contribution in [2.75, 3.05) is 14.2 Å². The second-order valence-corrected chi connectivity index (χ2v) is 5.45. The van der Waals surface area contributed by atoms with Gasteiger partial charge in [-0.05, 0) is 53.2 Å².